The number of nitrogens with one attached hydrogen (secondary N) is 1. The second-order valence-corrected chi connectivity index (χ2v) is 7.85. The van der Waals surface area contributed by atoms with Gasteiger partial charge in [-0.25, -0.2) is 4.90 Å². The fraction of sp³-hybridized carbons (Fsp3) is 0.222. The number of aromatic nitrogens is 3. The van der Waals surface area contributed by atoms with Crippen LogP contribution in [-0.4, -0.2) is 21.7 Å². The lowest BCUT2D eigenvalue weighted by atomic mass is 10.0. The molecule has 1 atom stereocenters. The van der Waals surface area contributed by atoms with Crippen LogP contribution in [0.25, 0.3) is 11.3 Å². The van der Waals surface area contributed by atoms with E-state index in [1.807, 2.05) is 48.0 Å². The average molecular weight is 385 g/mol. The quantitative estimate of drug-likeness (QED) is 0.556. The fourth-order valence-electron chi connectivity index (χ4n) is 3.24. The van der Waals surface area contributed by atoms with Crippen LogP contribution >= 0.6 is 23.1 Å². The lowest BCUT2D eigenvalue weighted by Crippen LogP contribution is -2.60. The first-order chi connectivity index (χ1) is 12.6. The maximum Gasteiger partial charge on any atom is 0.325 e. The minimum atomic E-state index is -0.484. The number of anilines is 1. The van der Waals surface area contributed by atoms with Gasteiger partial charge in [0.15, 0.2) is 0 Å². The highest BCUT2D eigenvalue weighted by atomic mass is 32.2. The number of nitrogens with zero attached hydrogens (tertiary/aromatic N) is 3. The smallest absolute Gasteiger partial charge is 0.291 e. The average Bonchev–Trinajstić information content (AvgIpc) is 3.14. The molecular formula is C18H17N4O2S2+. The Morgan fingerprint density at radius 1 is 1.38 bits per heavy atom. The van der Waals surface area contributed by atoms with E-state index in [1.165, 1.54) is 18.7 Å². The number of amides is 1. The topological polar surface area (TPSA) is 69.9 Å². The van der Waals surface area contributed by atoms with E-state index in [-0.39, 0.29) is 11.5 Å². The summed E-state index contributed by atoms with van der Waals surface area (Å²) in [5, 5.41) is 9.16. The van der Waals surface area contributed by atoms with Crippen molar-refractivity contribution in [2.75, 3.05) is 10.7 Å². The van der Waals surface area contributed by atoms with E-state index in [0.29, 0.717) is 16.4 Å². The van der Waals surface area contributed by atoms with E-state index < -0.39 is 6.17 Å². The van der Waals surface area contributed by atoms with Crippen molar-refractivity contribution in [3.05, 3.63) is 57.0 Å². The minimum Gasteiger partial charge on any atom is -0.291 e. The van der Waals surface area contributed by atoms with Crippen LogP contribution in [0, 0.1) is 0 Å². The Kier molecular flexibility index (Phi) is 4.37. The van der Waals surface area contributed by atoms with E-state index >= 15 is 0 Å². The van der Waals surface area contributed by atoms with Crippen molar-refractivity contribution in [3.8, 4) is 11.3 Å². The summed E-state index contributed by atoms with van der Waals surface area (Å²) >= 11 is 3.02. The zero-order valence-electron chi connectivity index (χ0n) is 14.3. The second-order valence-electron chi connectivity index (χ2n) is 5.82. The molecule has 1 aromatic carbocycles. The van der Waals surface area contributed by atoms with Gasteiger partial charge in [0, 0.05) is 17.4 Å². The van der Waals surface area contributed by atoms with Crippen LogP contribution in [0.5, 0.6) is 0 Å². The van der Waals surface area contributed by atoms with Crippen molar-refractivity contribution in [2.45, 2.75) is 25.2 Å². The van der Waals surface area contributed by atoms with Crippen molar-refractivity contribution in [3.63, 3.8) is 0 Å². The van der Waals surface area contributed by atoms with Gasteiger partial charge in [0.05, 0.1) is 16.8 Å². The van der Waals surface area contributed by atoms with Gasteiger partial charge in [-0.15, -0.1) is 0 Å². The molecule has 0 bridgehead atoms. The number of carbonyl (C=O) groups is 1. The zero-order chi connectivity index (χ0) is 18.3. The third-order valence-corrected chi connectivity index (χ3v) is 5.67. The number of hydrogen-bond donors (Lipinski definition) is 1. The molecule has 3 heterocycles. The Labute approximate surface area is 158 Å². The second kappa shape index (κ2) is 6.69. The molecule has 8 heteroatoms. The molecule has 0 radical (unpaired) electrons. The predicted octanol–water partition coefficient (Wildman–Crippen LogP) is 2.81. The van der Waals surface area contributed by atoms with Crippen molar-refractivity contribution < 1.29 is 9.48 Å². The Morgan fingerprint density at radius 3 is 2.88 bits per heavy atom. The number of para-hydroxylation sites is 1. The number of H-pyrrole nitrogens is 1. The van der Waals surface area contributed by atoms with E-state index in [9.17, 15) is 9.59 Å². The van der Waals surface area contributed by atoms with Crippen LogP contribution < -0.4 is 15.1 Å². The van der Waals surface area contributed by atoms with Gasteiger partial charge in [-0.2, -0.15) is 11.3 Å². The van der Waals surface area contributed by atoms with Gasteiger partial charge >= 0.3 is 11.3 Å². The summed E-state index contributed by atoms with van der Waals surface area (Å²) in [4.78, 5) is 30.0. The van der Waals surface area contributed by atoms with Crippen molar-refractivity contribution in [2.24, 2.45) is 0 Å². The molecule has 1 aliphatic heterocycles. The number of aromatic amines is 1. The van der Waals surface area contributed by atoms with Crippen LogP contribution in [0.1, 0.15) is 25.6 Å². The summed E-state index contributed by atoms with van der Waals surface area (Å²) in [7, 11) is 0. The summed E-state index contributed by atoms with van der Waals surface area (Å²) in [6.07, 6.45) is -0.484. The number of rotatable bonds is 3. The third kappa shape index (κ3) is 2.65. The number of thioether (sulfide) groups is 1. The van der Waals surface area contributed by atoms with E-state index in [2.05, 4.69) is 10.1 Å². The van der Waals surface area contributed by atoms with Gasteiger partial charge in [0.2, 0.25) is 11.1 Å². The van der Waals surface area contributed by atoms with Crippen LogP contribution in [-0.2, 0) is 4.79 Å². The normalized spacial score (nSPS) is 15.5. The lowest BCUT2D eigenvalue weighted by Gasteiger charge is -2.30. The standard InChI is InChI=1S/C18H16N4O2S2/c1-3-26-18-19-16(24)15-13-6-4-5-7-14(13)21(11(2)23)17(22(15)20-18)12-8-9-25-10-12/h4-10,17H,3H2,1-2H3/p+1/t17-/m0/s1. The molecule has 132 valence electrons. The highest BCUT2D eigenvalue weighted by Crippen LogP contribution is 2.37. The van der Waals surface area contributed by atoms with E-state index in [0.717, 1.165) is 17.0 Å². The molecule has 4 rings (SSSR count). The van der Waals surface area contributed by atoms with Crippen LogP contribution in [0.4, 0.5) is 5.69 Å². The zero-order valence-corrected chi connectivity index (χ0v) is 15.9. The highest BCUT2D eigenvalue weighted by Gasteiger charge is 2.44. The van der Waals surface area contributed by atoms with E-state index in [1.54, 1.807) is 20.9 Å². The number of thiophene rings is 1. The molecule has 0 saturated carbocycles. The third-order valence-electron chi connectivity index (χ3n) is 4.22. The summed E-state index contributed by atoms with van der Waals surface area (Å²) in [5.41, 5.74) is 2.62. The maximum absolute atomic E-state index is 12.9. The number of fused-ring (bicyclic) bond motifs is 3. The SMILES string of the molecule is CCSc1n[n+]2c(c(=O)[nH]1)-c1ccccc1N(C(C)=O)[C@@H]2c1ccsc1. The van der Waals surface area contributed by atoms with E-state index in [4.69, 9.17) is 0 Å². The van der Waals surface area contributed by atoms with Crippen LogP contribution in [0.2, 0.25) is 0 Å². The fourth-order valence-corrected chi connectivity index (χ4v) is 4.49. The first kappa shape index (κ1) is 17.0. The molecule has 26 heavy (non-hydrogen) atoms. The maximum atomic E-state index is 12.9. The Morgan fingerprint density at radius 2 is 2.19 bits per heavy atom. The molecular weight excluding hydrogens is 368 g/mol. The molecule has 0 unspecified atom stereocenters. The molecule has 1 N–H and O–H groups in total. The minimum absolute atomic E-state index is 0.0985. The molecule has 6 nitrogen and oxygen atoms in total. The molecule has 1 amide bonds. The van der Waals surface area contributed by atoms with Gasteiger partial charge in [-0.05, 0) is 34.0 Å². The van der Waals surface area contributed by atoms with Gasteiger partial charge in [-0.1, -0.05) is 30.8 Å². The summed E-state index contributed by atoms with van der Waals surface area (Å²) in [6, 6.07) is 9.42. The first-order valence-electron chi connectivity index (χ1n) is 8.22. The van der Waals surface area contributed by atoms with Crippen molar-refractivity contribution >= 4 is 34.7 Å². The number of hydrogen-bond acceptors (Lipinski definition) is 5. The predicted molar refractivity (Wildman–Crippen MR) is 103 cm³/mol. The summed E-state index contributed by atoms with van der Waals surface area (Å²) in [5.74, 6) is 0.692. The molecule has 1 aliphatic rings. The molecule has 0 saturated heterocycles. The van der Waals surface area contributed by atoms with Crippen molar-refractivity contribution in [1.82, 2.24) is 10.1 Å². The first-order valence-corrected chi connectivity index (χ1v) is 10.1. The monoisotopic (exact) mass is 385 g/mol. The lowest BCUT2D eigenvalue weighted by molar-refractivity contribution is -0.763. The Balaban J connectivity index is 2.07. The molecule has 0 spiro atoms. The van der Waals surface area contributed by atoms with Gasteiger partial charge in [-0.3, -0.25) is 14.6 Å². The molecule has 3 aromatic rings. The van der Waals surface area contributed by atoms with Gasteiger partial charge < -0.3 is 0 Å². The largest absolute Gasteiger partial charge is 0.325 e. The highest BCUT2D eigenvalue weighted by molar-refractivity contribution is 7.99. The van der Waals surface area contributed by atoms with Crippen LogP contribution in [0.15, 0.2) is 51.0 Å². The number of carbonyl (C=O) groups excluding carboxylic acids is 1. The molecule has 2 aromatic heterocycles. The molecule has 0 fully saturated rings. The number of benzene rings is 1. The molecule has 0 aliphatic carbocycles. The van der Waals surface area contributed by atoms with Crippen LogP contribution in [0.3, 0.4) is 0 Å². The summed E-state index contributed by atoms with van der Waals surface area (Å²) in [6.45, 7) is 3.54. The Hall–Kier alpha value is -2.45. The van der Waals surface area contributed by atoms with Gasteiger partial charge in [0.1, 0.15) is 0 Å². The summed E-state index contributed by atoms with van der Waals surface area (Å²) < 4.78 is 1.68. The van der Waals surface area contributed by atoms with Crippen molar-refractivity contribution in [1.29, 1.82) is 0 Å². The Bertz CT molecular complexity index is 1030. The van der Waals surface area contributed by atoms with Gasteiger partial charge in [0.25, 0.3) is 6.17 Å².